The van der Waals surface area contributed by atoms with Gasteiger partial charge in [0.05, 0.1) is 6.54 Å². The fourth-order valence-electron chi connectivity index (χ4n) is 4.08. The Balaban J connectivity index is 1.48. The van der Waals surface area contributed by atoms with Gasteiger partial charge in [0.25, 0.3) is 5.91 Å². The number of cyclic esters (lactones) is 1. The van der Waals surface area contributed by atoms with Crippen LogP contribution in [0.4, 0.5) is 4.79 Å². The summed E-state index contributed by atoms with van der Waals surface area (Å²) in [5.41, 5.74) is 4.62. The lowest BCUT2D eigenvalue weighted by Crippen LogP contribution is -2.36. The number of aliphatic hydroxyl groups excluding tert-OH is 1. The lowest BCUT2D eigenvalue weighted by atomic mass is 9.94. The summed E-state index contributed by atoms with van der Waals surface area (Å²) in [5, 5.41) is 9.52. The van der Waals surface area contributed by atoms with Gasteiger partial charge in [-0.25, -0.2) is 4.79 Å². The van der Waals surface area contributed by atoms with E-state index in [4.69, 9.17) is 4.74 Å². The average Bonchev–Trinajstić information content (AvgIpc) is 3.19. The van der Waals surface area contributed by atoms with Crippen LogP contribution in [0.2, 0.25) is 0 Å². The van der Waals surface area contributed by atoms with Crippen LogP contribution in [0, 0.1) is 5.41 Å². The van der Waals surface area contributed by atoms with Gasteiger partial charge in [0.15, 0.2) is 0 Å². The molecular weight excluding hydrogens is 380 g/mol. The van der Waals surface area contributed by atoms with Gasteiger partial charge in [0, 0.05) is 37.2 Å². The van der Waals surface area contributed by atoms with Crippen molar-refractivity contribution >= 4 is 12.0 Å². The Morgan fingerprint density at radius 2 is 1.77 bits per heavy atom. The van der Waals surface area contributed by atoms with Crippen LogP contribution in [-0.2, 0) is 17.8 Å². The first-order valence-corrected chi connectivity index (χ1v) is 10.3. The topological polar surface area (TPSA) is 70.1 Å². The number of fused-ring (bicyclic) bond motifs is 1. The Kier molecular flexibility index (Phi) is 5.28. The van der Waals surface area contributed by atoms with Crippen LogP contribution in [0.3, 0.4) is 0 Å². The van der Waals surface area contributed by atoms with Crippen molar-refractivity contribution in [3.05, 3.63) is 59.2 Å². The number of rotatable bonds is 6. The molecule has 0 aromatic heterocycles. The molecule has 0 aliphatic carbocycles. The van der Waals surface area contributed by atoms with E-state index in [1.807, 2.05) is 62.1 Å². The van der Waals surface area contributed by atoms with E-state index in [0.717, 1.165) is 27.8 Å². The minimum atomic E-state index is -0.323. The number of benzene rings is 2. The standard InChI is InChI=1S/C24H28N2O4/c1-16-11-25(23(29)30-16)12-17-4-6-18(7-5-17)19-8-9-21-20(10-19)13-26(22(21)28)14-24(2,3)15-27/h4-10,16,27H,11-15H2,1-3H3/t16-/m1/s1. The van der Waals surface area contributed by atoms with E-state index < -0.39 is 0 Å². The number of aliphatic hydroxyl groups is 1. The molecule has 1 fully saturated rings. The summed E-state index contributed by atoms with van der Waals surface area (Å²) >= 11 is 0. The number of nitrogens with zero attached hydrogens (tertiary/aromatic N) is 2. The van der Waals surface area contributed by atoms with Gasteiger partial charge in [0.1, 0.15) is 6.10 Å². The van der Waals surface area contributed by atoms with Gasteiger partial charge in [-0.1, -0.05) is 44.2 Å². The van der Waals surface area contributed by atoms with Crippen LogP contribution in [0.15, 0.2) is 42.5 Å². The summed E-state index contributed by atoms with van der Waals surface area (Å²) in [6.07, 6.45) is -0.322. The number of carbonyl (C=O) groups is 2. The molecule has 2 heterocycles. The highest BCUT2D eigenvalue weighted by atomic mass is 16.6. The molecule has 6 nitrogen and oxygen atoms in total. The third-order valence-corrected chi connectivity index (χ3v) is 5.73. The third-order valence-electron chi connectivity index (χ3n) is 5.73. The van der Waals surface area contributed by atoms with Crippen molar-refractivity contribution in [1.29, 1.82) is 0 Å². The summed E-state index contributed by atoms with van der Waals surface area (Å²) in [5.74, 6) is 0.0279. The summed E-state index contributed by atoms with van der Waals surface area (Å²) in [6.45, 7) is 8.10. The lowest BCUT2D eigenvalue weighted by Gasteiger charge is -2.28. The maximum absolute atomic E-state index is 12.7. The van der Waals surface area contributed by atoms with Gasteiger partial charge in [-0.2, -0.15) is 0 Å². The first-order valence-electron chi connectivity index (χ1n) is 10.3. The normalized spacial score (nSPS) is 18.7. The number of ether oxygens (including phenoxy) is 1. The first-order chi connectivity index (χ1) is 14.3. The third kappa shape index (κ3) is 4.05. The molecule has 2 aromatic rings. The zero-order valence-corrected chi connectivity index (χ0v) is 17.7. The number of amides is 2. The molecule has 2 amide bonds. The van der Waals surface area contributed by atoms with Crippen molar-refractivity contribution in [2.24, 2.45) is 5.41 Å². The molecule has 2 aliphatic rings. The summed E-state index contributed by atoms with van der Waals surface area (Å²) in [4.78, 5) is 28.0. The van der Waals surface area contributed by atoms with Crippen molar-refractivity contribution in [3.8, 4) is 11.1 Å². The second-order valence-electron chi connectivity index (χ2n) is 9.13. The zero-order valence-electron chi connectivity index (χ0n) is 17.7. The first kappa shape index (κ1) is 20.4. The molecule has 0 spiro atoms. The fraction of sp³-hybridized carbons (Fsp3) is 0.417. The van der Waals surface area contributed by atoms with Crippen LogP contribution in [-0.4, -0.2) is 52.7 Å². The molecule has 2 aromatic carbocycles. The summed E-state index contributed by atoms with van der Waals surface area (Å²) < 4.78 is 5.18. The van der Waals surface area contributed by atoms with E-state index in [1.165, 1.54) is 0 Å². The largest absolute Gasteiger partial charge is 0.444 e. The predicted molar refractivity (Wildman–Crippen MR) is 114 cm³/mol. The van der Waals surface area contributed by atoms with E-state index >= 15 is 0 Å². The van der Waals surface area contributed by atoms with E-state index in [9.17, 15) is 14.7 Å². The molecule has 30 heavy (non-hydrogen) atoms. The Morgan fingerprint density at radius 1 is 1.07 bits per heavy atom. The van der Waals surface area contributed by atoms with E-state index in [-0.39, 0.29) is 30.1 Å². The molecule has 2 aliphatic heterocycles. The van der Waals surface area contributed by atoms with Gasteiger partial charge in [-0.3, -0.25) is 4.79 Å². The second kappa shape index (κ2) is 7.76. The van der Waals surface area contributed by atoms with Crippen LogP contribution < -0.4 is 0 Å². The van der Waals surface area contributed by atoms with Crippen molar-refractivity contribution in [3.63, 3.8) is 0 Å². The quantitative estimate of drug-likeness (QED) is 0.792. The number of hydrogen-bond donors (Lipinski definition) is 1. The average molecular weight is 408 g/mol. The fourth-order valence-corrected chi connectivity index (χ4v) is 4.08. The maximum Gasteiger partial charge on any atom is 0.410 e. The van der Waals surface area contributed by atoms with Crippen molar-refractivity contribution < 1.29 is 19.4 Å². The Bertz CT molecular complexity index is 968. The van der Waals surface area contributed by atoms with Gasteiger partial charge in [0.2, 0.25) is 0 Å². The van der Waals surface area contributed by atoms with E-state index in [0.29, 0.717) is 26.2 Å². The van der Waals surface area contributed by atoms with Crippen LogP contribution in [0.1, 0.15) is 42.3 Å². The maximum atomic E-state index is 12.7. The molecule has 158 valence electrons. The summed E-state index contributed by atoms with van der Waals surface area (Å²) in [7, 11) is 0. The number of carbonyl (C=O) groups excluding carboxylic acids is 2. The molecule has 6 heteroatoms. The van der Waals surface area contributed by atoms with Gasteiger partial charge in [-0.05, 0) is 41.3 Å². The van der Waals surface area contributed by atoms with Crippen molar-refractivity contribution in [2.45, 2.75) is 40.0 Å². The van der Waals surface area contributed by atoms with E-state index in [2.05, 4.69) is 6.07 Å². The molecular formula is C24H28N2O4. The van der Waals surface area contributed by atoms with Gasteiger partial charge >= 0.3 is 6.09 Å². The molecule has 0 radical (unpaired) electrons. The smallest absolute Gasteiger partial charge is 0.410 e. The predicted octanol–water partition coefficient (Wildman–Crippen LogP) is 3.67. The Hall–Kier alpha value is -2.86. The van der Waals surface area contributed by atoms with Crippen molar-refractivity contribution in [1.82, 2.24) is 9.80 Å². The molecule has 1 saturated heterocycles. The molecule has 0 saturated carbocycles. The van der Waals surface area contributed by atoms with Crippen molar-refractivity contribution in [2.75, 3.05) is 19.7 Å². The van der Waals surface area contributed by atoms with Crippen LogP contribution in [0.25, 0.3) is 11.1 Å². The molecule has 0 unspecified atom stereocenters. The zero-order chi connectivity index (χ0) is 21.5. The second-order valence-corrected chi connectivity index (χ2v) is 9.13. The molecule has 1 N–H and O–H groups in total. The highest BCUT2D eigenvalue weighted by molar-refractivity contribution is 5.99. The summed E-state index contributed by atoms with van der Waals surface area (Å²) in [6, 6.07) is 14.1. The molecule has 0 bridgehead atoms. The highest BCUT2D eigenvalue weighted by Crippen LogP contribution is 2.31. The lowest BCUT2D eigenvalue weighted by molar-refractivity contribution is 0.0625. The van der Waals surface area contributed by atoms with E-state index in [1.54, 1.807) is 4.90 Å². The van der Waals surface area contributed by atoms with Gasteiger partial charge < -0.3 is 19.6 Å². The highest BCUT2D eigenvalue weighted by Gasteiger charge is 2.32. The molecule has 1 atom stereocenters. The minimum Gasteiger partial charge on any atom is -0.444 e. The van der Waals surface area contributed by atoms with Crippen LogP contribution >= 0.6 is 0 Å². The van der Waals surface area contributed by atoms with Gasteiger partial charge in [-0.15, -0.1) is 0 Å². The molecule has 4 rings (SSSR count). The number of hydrogen-bond acceptors (Lipinski definition) is 4. The Labute approximate surface area is 177 Å². The monoisotopic (exact) mass is 408 g/mol. The Morgan fingerprint density at radius 3 is 2.40 bits per heavy atom. The van der Waals surface area contributed by atoms with Crippen LogP contribution in [0.5, 0.6) is 0 Å². The SMILES string of the molecule is C[C@@H]1CN(Cc2ccc(-c3ccc4c(c3)CN(CC(C)(C)CO)C4=O)cc2)C(=O)O1. The minimum absolute atomic E-state index is 0.0279.